The van der Waals surface area contributed by atoms with Crippen molar-refractivity contribution in [1.82, 2.24) is 14.9 Å². The number of hydrogen-bond acceptors (Lipinski definition) is 4. The minimum atomic E-state index is -0.139. The molecule has 4 nitrogen and oxygen atoms in total. The third-order valence-electron chi connectivity index (χ3n) is 6.56. The molecule has 0 amide bonds. The first-order valence-electron chi connectivity index (χ1n) is 9.67. The van der Waals surface area contributed by atoms with E-state index in [1.807, 2.05) is 6.07 Å². The monoisotopic (exact) mass is 352 g/mol. The zero-order valence-corrected chi connectivity index (χ0v) is 15.5. The van der Waals surface area contributed by atoms with Crippen LogP contribution in [0.1, 0.15) is 48.9 Å². The molecule has 0 radical (unpaired) electrons. The van der Waals surface area contributed by atoms with E-state index in [1.54, 1.807) is 18.5 Å². The Morgan fingerprint density at radius 2 is 2.12 bits per heavy atom. The predicted octanol–water partition coefficient (Wildman–Crippen LogP) is 3.78. The largest absolute Gasteiger partial charge is 0.325 e. The molecule has 1 saturated heterocycles. The maximum Gasteiger partial charge on any atom is 0.140 e. The molecule has 0 saturated carbocycles. The van der Waals surface area contributed by atoms with E-state index in [1.165, 1.54) is 11.3 Å². The van der Waals surface area contributed by atoms with E-state index in [0.717, 1.165) is 62.4 Å². The number of likely N-dealkylation sites (N-methyl/N-ethyl adjacent to an activating group) is 1. The number of likely N-dealkylation sites (tertiary alicyclic amines) is 1. The van der Waals surface area contributed by atoms with Crippen molar-refractivity contribution >= 4 is 11.5 Å². The van der Waals surface area contributed by atoms with Crippen LogP contribution in [0, 0.1) is 5.82 Å². The third-order valence-corrected chi connectivity index (χ3v) is 6.56. The van der Waals surface area contributed by atoms with Crippen LogP contribution in [0.15, 0.2) is 24.5 Å². The topological polar surface area (TPSA) is 32.3 Å². The molecule has 3 aliphatic rings. The van der Waals surface area contributed by atoms with Gasteiger partial charge >= 0.3 is 0 Å². The van der Waals surface area contributed by atoms with Crippen LogP contribution in [0.5, 0.6) is 0 Å². The molecule has 2 atom stereocenters. The van der Waals surface area contributed by atoms with Gasteiger partial charge in [-0.15, -0.1) is 0 Å². The van der Waals surface area contributed by atoms with Crippen LogP contribution in [-0.4, -0.2) is 41.5 Å². The molecule has 26 heavy (non-hydrogen) atoms. The van der Waals surface area contributed by atoms with Gasteiger partial charge in [-0.3, -0.25) is 0 Å². The fraction of sp³-hybridized carbons (Fsp3) is 0.524. The maximum atomic E-state index is 14.2. The molecule has 5 rings (SSSR count). The van der Waals surface area contributed by atoms with Gasteiger partial charge in [-0.05, 0) is 69.0 Å². The first kappa shape index (κ1) is 16.2. The second kappa shape index (κ2) is 5.74. The number of benzene rings is 1. The average molecular weight is 352 g/mol. The molecular formula is C21H25FN4. The molecule has 0 unspecified atom stereocenters. The fourth-order valence-corrected chi connectivity index (χ4v) is 5.38. The number of hydrogen-bond donors (Lipinski definition) is 0. The summed E-state index contributed by atoms with van der Waals surface area (Å²) in [6.45, 7) is 5.24. The highest BCUT2D eigenvalue weighted by Crippen LogP contribution is 2.50. The van der Waals surface area contributed by atoms with E-state index in [9.17, 15) is 4.39 Å². The standard InChI is InChI=1S/C21H25FN4/c1-14-4-6-17-19(14)20(24-13-23-17)26-12-21(8-3-9-25(2)11-21)16-10-15(22)5-7-18(16)26/h5,7,10,13-14H,3-4,6,8-9,11-12H2,1-2H3/t14-,21+/m1/s1. The van der Waals surface area contributed by atoms with Crippen LogP contribution in [-0.2, 0) is 11.8 Å². The summed E-state index contributed by atoms with van der Waals surface area (Å²) in [5, 5.41) is 0. The number of rotatable bonds is 1. The van der Waals surface area contributed by atoms with Crippen LogP contribution < -0.4 is 4.90 Å². The minimum absolute atomic E-state index is 0.00981. The molecule has 2 aromatic rings. The molecule has 136 valence electrons. The van der Waals surface area contributed by atoms with Crippen molar-refractivity contribution in [3.8, 4) is 0 Å². The lowest BCUT2D eigenvalue weighted by Gasteiger charge is -2.39. The van der Waals surface area contributed by atoms with Crippen LogP contribution in [0.4, 0.5) is 15.9 Å². The number of aromatic nitrogens is 2. The lowest BCUT2D eigenvalue weighted by Crippen LogP contribution is -2.46. The Morgan fingerprint density at radius 1 is 1.23 bits per heavy atom. The molecule has 1 aromatic carbocycles. The second-order valence-corrected chi connectivity index (χ2v) is 8.37. The molecule has 1 aliphatic carbocycles. The predicted molar refractivity (Wildman–Crippen MR) is 101 cm³/mol. The molecule has 2 aliphatic heterocycles. The fourth-order valence-electron chi connectivity index (χ4n) is 5.38. The van der Waals surface area contributed by atoms with Crippen molar-refractivity contribution in [3.05, 3.63) is 47.2 Å². The summed E-state index contributed by atoms with van der Waals surface area (Å²) in [6.07, 6.45) is 6.13. The second-order valence-electron chi connectivity index (χ2n) is 8.37. The van der Waals surface area contributed by atoms with E-state index < -0.39 is 0 Å². The average Bonchev–Trinajstić information content (AvgIpc) is 3.14. The molecule has 1 aromatic heterocycles. The highest BCUT2D eigenvalue weighted by molar-refractivity contribution is 5.73. The summed E-state index contributed by atoms with van der Waals surface area (Å²) >= 11 is 0. The minimum Gasteiger partial charge on any atom is -0.325 e. The van der Waals surface area contributed by atoms with Gasteiger partial charge in [0, 0.05) is 35.4 Å². The number of anilines is 2. The normalized spacial score (nSPS) is 27.8. The quantitative estimate of drug-likeness (QED) is 0.782. The number of halogens is 1. The first-order valence-corrected chi connectivity index (χ1v) is 9.67. The highest BCUT2D eigenvalue weighted by atomic mass is 19.1. The van der Waals surface area contributed by atoms with Gasteiger partial charge in [-0.1, -0.05) is 6.92 Å². The summed E-state index contributed by atoms with van der Waals surface area (Å²) in [4.78, 5) is 14.0. The lowest BCUT2D eigenvalue weighted by atomic mass is 9.76. The van der Waals surface area contributed by atoms with E-state index in [2.05, 4.69) is 28.8 Å². The number of nitrogens with zero attached hydrogens (tertiary/aromatic N) is 4. The van der Waals surface area contributed by atoms with Crippen LogP contribution in [0.25, 0.3) is 0 Å². The van der Waals surface area contributed by atoms with Gasteiger partial charge in [-0.2, -0.15) is 0 Å². The molecule has 1 fully saturated rings. The van der Waals surface area contributed by atoms with Crippen molar-refractivity contribution in [3.63, 3.8) is 0 Å². The SMILES string of the molecule is C[C@@H]1CCc2ncnc(N3C[C@@]4(CCCN(C)C4)c4cc(F)ccc43)c21. The van der Waals surface area contributed by atoms with Gasteiger partial charge in [0.15, 0.2) is 0 Å². The number of fused-ring (bicyclic) bond motifs is 3. The first-order chi connectivity index (χ1) is 12.6. The Bertz CT molecular complexity index is 867. The molecule has 0 N–H and O–H groups in total. The number of piperidine rings is 1. The molecule has 5 heteroatoms. The Labute approximate surface area is 154 Å². The van der Waals surface area contributed by atoms with Crippen molar-refractivity contribution in [2.45, 2.75) is 43.9 Å². The van der Waals surface area contributed by atoms with Gasteiger partial charge in [0.2, 0.25) is 0 Å². The molecule has 3 heterocycles. The van der Waals surface area contributed by atoms with E-state index in [-0.39, 0.29) is 11.2 Å². The Balaban J connectivity index is 1.66. The summed E-state index contributed by atoms with van der Waals surface area (Å²) in [5.41, 5.74) is 4.75. The van der Waals surface area contributed by atoms with Gasteiger partial charge in [-0.25, -0.2) is 14.4 Å². The van der Waals surface area contributed by atoms with Crippen molar-refractivity contribution in [1.29, 1.82) is 0 Å². The summed E-state index contributed by atoms with van der Waals surface area (Å²) < 4.78 is 14.2. The van der Waals surface area contributed by atoms with Crippen LogP contribution in [0.3, 0.4) is 0 Å². The zero-order valence-electron chi connectivity index (χ0n) is 15.5. The van der Waals surface area contributed by atoms with Crippen molar-refractivity contribution in [2.24, 2.45) is 0 Å². The smallest absolute Gasteiger partial charge is 0.140 e. The molecular weight excluding hydrogens is 327 g/mol. The van der Waals surface area contributed by atoms with Crippen LogP contribution in [0.2, 0.25) is 0 Å². The molecule has 1 spiro atoms. The van der Waals surface area contributed by atoms with Gasteiger partial charge < -0.3 is 9.80 Å². The highest BCUT2D eigenvalue weighted by Gasteiger charge is 2.46. The van der Waals surface area contributed by atoms with Crippen molar-refractivity contribution in [2.75, 3.05) is 31.6 Å². The molecule has 0 bridgehead atoms. The lowest BCUT2D eigenvalue weighted by molar-refractivity contribution is 0.186. The summed E-state index contributed by atoms with van der Waals surface area (Å²) in [5.74, 6) is 1.38. The van der Waals surface area contributed by atoms with Gasteiger partial charge in [0.25, 0.3) is 0 Å². The Kier molecular flexibility index (Phi) is 3.58. The Hall–Kier alpha value is -2.01. The summed E-state index contributed by atoms with van der Waals surface area (Å²) in [6, 6.07) is 5.30. The Morgan fingerprint density at radius 3 is 2.96 bits per heavy atom. The zero-order chi connectivity index (χ0) is 17.9. The third kappa shape index (κ3) is 2.29. The van der Waals surface area contributed by atoms with Gasteiger partial charge in [0.1, 0.15) is 18.0 Å². The number of aryl methyl sites for hydroxylation is 1. The van der Waals surface area contributed by atoms with E-state index >= 15 is 0 Å². The van der Waals surface area contributed by atoms with Crippen molar-refractivity contribution < 1.29 is 4.39 Å². The van der Waals surface area contributed by atoms with Crippen LogP contribution >= 0.6 is 0 Å². The van der Waals surface area contributed by atoms with E-state index in [4.69, 9.17) is 4.98 Å². The van der Waals surface area contributed by atoms with Gasteiger partial charge in [0.05, 0.1) is 0 Å². The maximum absolute atomic E-state index is 14.2. The summed E-state index contributed by atoms with van der Waals surface area (Å²) in [7, 11) is 2.17. The van der Waals surface area contributed by atoms with E-state index in [0.29, 0.717) is 5.92 Å².